The SMILES string of the molecule is CCC(C)(C)C(=O)C(=O)N1CCCCC1C(=O)C[C@H](CCc1ccc(C)c(C)c1)c1cccc(OCC(=O)CCCCCCCNc2ccc(S(=O)(=O)N(C)C3CCC(=O)NC3=O)cc2)c1. The number of likely N-dealkylation sites (tertiary alicyclic amines) is 1. The summed E-state index contributed by atoms with van der Waals surface area (Å²) in [6.07, 6.45) is 9.45. The molecule has 14 heteroatoms. The van der Waals surface area contributed by atoms with Crippen molar-refractivity contribution >= 4 is 50.8 Å². The first-order valence-corrected chi connectivity index (χ1v) is 25.2. The van der Waals surface area contributed by atoms with Crippen LogP contribution in [0.1, 0.15) is 139 Å². The second-order valence-electron chi connectivity index (χ2n) is 18.8. The molecule has 2 aliphatic rings. The van der Waals surface area contributed by atoms with Crippen LogP contribution in [0.5, 0.6) is 5.75 Å². The van der Waals surface area contributed by atoms with Gasteiger partial charge in [0.15, 0.2) is 11.6 Å². The van der Waals surface area contributed by atoms with Crippen LogP contribution < -0.4 is 15.4 Å². The minimum atomic E-state index is -3.93. The fraction of sp³-hybridized carbons (Fsp3) is 0.538. The van der Waals surface area contributed by atoms with Gasteiger partial charge >= 0.3 is 0 Å². The van der Waals surface area contributed by atoms with Gasteiger partial charge < -0.3 is 15.0 Å². The second kappa shape index (κ2) is 24.0. The van der Waals surface area contributed by atoms with Gasteiger partial charge in [0.05, 0.1) is 10.9 Å². The van der Waals surface area contributed by atoms with Crippen LogP contribution in [0.2, 0.25) is 0 Å². The number of anilines is 1. The van der Waals surface area contributed by atoms with E-state index in [0.29, 0.717) is 44.5 Å². The van der Waals surface area contributed by atoms with Gasteiger partial charge in [-0.25, -0.2) is 8.42 Å². The number of rotatable bonds is 25. The summed E-state index contributed by atoms with van der Waals surface area (Å²) < 4.78 is 33.3. The van der Waals surface area contributed by atoms with Gasteiger partial charge in [-0.1, -0.05) is 70.4 Å². The molecule has 2 saturated heterocycles. The minimum Gasteiger partial charge on any atom is -0.486 e. The molecule has 66 heavy (non-hydrogen) atoms. The number of sulfonamides is 1. The largest absolute Gasteiger partial charge is 0.486 e. The van der Waals surface area contributed by atoms with E-state index in [-0.39, 0.29) is 48.2 Å². The summed E-state index contributed by atoms with van der Waals surface area (Å²) in [5.41, 5.74) is 4.53. The number of hydrogen-bond donors (Lipinski definition) is 2. The summed E-state index contributed by atoms with van der Waals surface area (Å²) in [4.78, 5) is 79.2. The van der Waals surface area contributed by atoms with Crippen LogP contribution in [0, 0.1) is 19.3 Å². The number of likely N-dealkylation sites (N-methyl/N-ethyl adjacent to an activating group) is 1. The Morgan fingerprint density at radius 3 is 2.35 bits per heavy atom. The molecule has 3 aromatic rings. The van der Waals surface area contributed by atoms with E-state index in [1.165, 1.54) is 40.8 Å². The molecular formula is C52H70N4O9S. The number of unbranched alkanes of at least 4 members (excludes halogenated alkanes) is 4. The van der Waals surface area contributed by atoms with E-state index in [0.717, 1.165) is 66.9 Å². The Hall–Kier alpha value is -5.21. The van der Waals surface area contributed by atoms with Crippen molar-refractivity contribution in [1.82, 2.24) is 14.5 Å². The first-order chi connectivity index (χ1) is 31.4. The number of hydrogen-bond acceptors (Lipinski definition) is 10. The lowest BCUT2D eigenvalue weighted by Crippen LogP contribution is -2.52. The summed E-state index contributed by atoms with van der Waals surface area (Å²) in [5.74, 6) is -1.64. The smallest absolute Gasteiger partial charge is 0.291 e. The lowest BCUT2D eigenvalue weighted by atomic mass is 9.82. The number of ketones is 3. The summed E-state index contributed by atoms with van der Waals surface area (Å²) in [6.45, 7) is 10.7. The molecule has 2 aliphatic heterocycles. The highest BCUT2D eigenvalue weighted by molar-refractivity contribution is 7.89. The maximum absolute atomic E-state index is 14.2. The van der Waals surface area contributed by atoms with Gasteiger partial charge in [0, 0.05) is 50.5 Å². The third-order valence-corrected chi connectivity index (χ3v) is 15.4. The fourth-order valence-electron chi connectivity index (χ4n) is 8.57. The van der Waals surface area contributed by atoms with Crippen LogP contribution in [0.25, 0.3) is 0 Å². The number of piperidine rings is 2. The number of imide groups is 1. The van der Waals surface area contributed by atoms with Crippen LogP contribution in [-0.2, 0) is 45.2 Å². The van der Waals surface area contributed by atoms with E-state index >= 15 is 0 Å². The number of ether oxygens (including phenoxy) is 1. The lowest BCUT2D eigenvalue weighted by molar-refractivity contribution is -0.153. The molecular weight excluding hydrogens is 857 g/mol. The van der Waals surface area contributed by atoms with Gasteiger partial charge in [-0.05, 0) is 136 Å². The Morgan fingerprint density at radius 1 is 0.909 bits per heavy atom. The van der Waals surface area contributed by atoms with Gasteiger partial charge in [0.25, 0.3) is 5.91 Å². The number of nitrogens with one attached hydrogen (secondary N) is 2. The number of Topliss-reactive ketones (excluding diaryl/α,β-unsaturated/α-hetero) is 3. The maximum Gasteiger partial charge on any atom is 0.291 e. The zero-order valence-corrected chi connectivity index (χ0v) is 40.6. The van der Waals surface area contributed by atoms with E-state index in [1.807, 2.05) is 31.2 Å². The van der Waals surface area contributed by atoms with E-state index < -0.39 is 51.0 Å². The molecule has 0 aromatic heterocycles. The highest BCUT2D eigenvalue weighted by atomic mass is 32.2. The molecule has 3 amide bonds. The van der Waals surface area contributed by atoms with Crippen molar-refractivity contribution in [3.8, 4) is 5.75 Å². The molecule has 0 saturated carbocycles. The molecule has 13 nitrogen and oxygen atoms in total. The van der Waals surface area contributed by atoms with Crippen molar-refractivity contribution in [2.45, 2.75) is 154 Å². The molecule has 2 unspecified atom stereocenters. The molecule has 0 aliphatic carbocycles. The van der Waals surface area contributed by atoms with Crippen LogP contribution in [0.4, 0.5) is 5.69 Å². The van der Waals surface area contributed by atoms with Crippen molar-refractivity contribution in [2.75, 3.05) is 32.1 Å². The van der Waals surface area contributed by atoms with Gasteiger partial charge in [0.1, 0.15) is 18.4 Å². The molecule has 2 N–H and O–H groups in total. The van der Waals surface area contributed by atoms with Crippen molar-refractivity contribution in [1.29, 1.82) is 0 Å². The molecule has 2 heterocycles. The third-order valence-electron chi connectivity index (χ3n) is 13.5. The molecule has 0 radical (unpaired) electrons. The van der Waals surface area contributed by atoms with E-state index in [1.54, 1.807) is 26.0 Å². The molecule has 3 aromatic carbocycles. The number of benzene rings is 3. The average molecular weight is 927 g/mol. The monoisotopic (exact) mass is 926 g/mol. The summed E-state index contributed by atoms with van der Waals surface area (Å²) >= 11 is 0. The molecule has 358 valence electrons. The first-order valence-electron chi connectivity index (χ1n) is 23.8. The Kier molecular flexibility index (Phi) is 18.8. The van der Waals surface area contributed by atoms with Crippen LogP contribution in [0.3, 0.4) is 0 Å². The molecule has 0 bridgehead atoms. The predicted molar refractivity (Wildman–Crippen MR) is 256 cm³/mol. The van der Waals surface area contributed by atoms with Crippen LogP contribution in [0.15, 0.2) is 71.6 Å². The second-order valence-corrected chi connectivity index (χ2v) is 20.8. The van der Waals surface area contributed by atoms with Gasteiger partial charge in [0.2, 0.25) is 27.6 Å². The van der Waals surface area contributed by atoms with Gasteiger partial charge in [-0.3, -0.25) is 34.1 Å². The van der Waals surface area contributed by atoms with Gasteiger partial charge in [-0.2, -0.15) is 4.31 Å². The summed E-state index contributed by atoms with van der Waals surface area (Å²) in [6, 6.07) is 18.9. The highest BCUT2D eigenvalue weighted by Crippen LogP contribution is 2.33. The maximum atomic E-state index is 14.2. The van der Waals surface area contributed by atoms with E-state index in [4.69, 9.17) is 4.74 Å². The Labute approximate surface area is 391 Å². The van der Waals surface area contributed by atoms with Crippen molar-refractivity contribution in [3.05, 3.63) is 89.0 Å². The average Bonchev–Trinajstić information content (AvgIpc) is 3.31. The number of aryl methyl sites for hydroxylation is 3. The predicted octanol–water partition coefficient (Wildman–Crippen LogP) is 8.19. The van der Waals surface area contributed by atoms with Gasteiger partial charge in [-0.15, -0.1) is 0 Å². The number of amides is 3. The summed E-state index contributed by atoms with van der Waals surface area (Å²) in [7, 11) is -2.58. The normalized spacial score (nSPS) is 17.3. The summed E-state index contributed by atoms with van der Waals surface area (Å²) in [5, 5.41) is 5.52. The molecule has 0 spiro atoms. The van der Waals surface area contributed by atoms with Crippen LogP contribution >= 0.6 is 0 Å². The zero-order valence-electron chi connectivity index (χ0n) is 39.8. The Bertz CT molecular complexity index is 2310. The minimum absolute atomic E-state index is 0.0140. The topological polar surface area (TPSA) is 176 Å². The lowest BCUT2D eigenvalue weighted by Gasteiger charge is -2.36. The number of carbonyl (C=O) groups excluding carboxylic acids is 6. The van der Waals surface area contributed by atoms with Crippen molar-refractivity contribution < 1.29 is 41.9 Å². The first kappa shape index (κ1) is 51.8. The number of carbonyl (C=O) groups is 6. The quantitative estimate of drug-likeness (QED) is 0.0479. The Balaban J connectivity index is 1.07. The molecule has 3 atom stereocenters. The van der Waals surface area contributed by atoms with Crippen molar-refractivity contribution in [3.63, 3.8) is 0 Å². The third kappa shape index (κ3) is 14.2. The number of nitrogens with zero attached hydrogens (tertiary/aromatic N) is 2. The zero-order chi connectivity index (χ0) is 48.0. The highest BCUT2D eigenvalue weighted by Gasteiger charge is 2.40. The fourth-order valence-corrected chi connectivity index (χ4v) is 9.92. The van der Waals surface area contributed by atoms with E-state index in [2.05, 4.69) is 42.7 Å². The standard InChI is InChI=1S/C52H70N4O9S/c1-7-52(4,5)49(60)51(62)56-31-14-12-19-45(56)47(58)34-40(23-22-38-21-20-36(2)37(3)32-38)39-16-15-18-43(33-39)65-35-42(57)17-11-9-8-10-13-30-53-41-24-26-44(27-25-41)66(63,64)55(6)46-28-29-48(59)54-50(46)61/h15-16,18,20-21,24-27,32-33,40,45-46,53H,7-14,17,19,22-23,28-31,34-35H2,1-6H3,(H,54,59,61)/t40-,45?,46?/m0/s1. The van der Waals surface area contributed by atoms with Crippen LogP contribution in [-0.4, -0.2) is 91.5 Å². The Morgan fingerprint density at radius 2 is 1.64 bits per heavy atom. The van der Waals surface area contributed by atoms with E-state index in [9.17, 15) is 37.2 Å². The molecule has 5 rings (SSSR count). The van der Waals surface area contributed by atoms with Crippen molar-refractivity contribution in [2.24, 2.45) is 5.41 Å². The molecule has 2 fully saturated rings.